The molecule has 2 aromatic rings. The average molecular weight is 421 g/mol. The van der Waals surface area contributed by atoms with Gasteiger partial charge in [0.05, 0.1) is 12.6 Å². The van der Waals surface area contributed by atoms with Crippen LogP contribution in [0.25, 0.3) is 0 Å². The topological polar surface area (TPSA) is 50.8 Å². The van der Waals surface area contributed by atoms with Crippen LogP contribution in [0.4, 0.5) is 4.39 Å². The van der Waals surface area contributed by atoms with Crippen LogP contribution in [0.5, 0.6) is 5.75 Å². The van der Waals surface area contributed by atoms with Gasteiger partial charge >= 0.3 is 0 Å². The molecule has 1 amide bonds. The molecule has 1 aliphatic heterocycles. The molecule has 1 atom stereocenters. The van der Waals surface area contributed by atoms with Crippen molar-refractivity contribution in [2.45, 2.75) is 18.9 Å². The zero-order valence-electron chi connectivity index (χ0n) is 16.5. The first-order valence-electron chi connectivity index (χ1n) is 9.78. The molecule has 5 nitrogen and oxygen atoms in total. The van der Waals surface area contributed by atoms with Crippen molar-refractivity contribution < 1.29 is 18.7 Å². The maximum Gasteiger partial charge on any atom is 0.251 e. The summed E-state index contributed by atoms with van der Waals surface area (Å²) in [5.74, 6) is 0.0129. The Bertz CT molecular complexity index is 807. The number of ether oxygens (including phenoxy) is 2. The van der Waals surface area contributed by atoms with Crippen LogP contribution in [0.2, 0.25) is 5.02 Å². The lowest BCUT2D eigenvalue weighted by molar-refractivity contribution is 0.0936. The number of hydrogen-bond acceptors (Lipinski definition) is 4. The first-order valence-corrected chi connectivity index (χ1v) is 10.2. The van der Waals surface area contributed by atoms with E-state index in [-0.39, 0.29) is 24.3 Å². The van der Waals surface area contributed by atoms with E-state index in [1.165, 1.54) is 6.07 Å². The summed E-state index contributed by atoms with van der Waals surface area (Å²) in [6, 6.07) is 11.3. The third-order valence-electron chi connectivity index (χ3n) is 5.02. The SMILES string of the molecule is COCCOc1cccc(C(=O)NCC(c2c(F)cccc2Cl)N2CCCC2)c1. The second-order valence-electron chi connectivity index (χ2n) is 6.97. The van der Waals surface area contributed by atoms with Gasteiger partial charge in [-0.15, -0.1) is 0 Å². The molecule has 0 aliphatic carbocycles. The molecule has 29 heavy (non-hydrogen) atoms. The predicted octanol–water partition coefficient (Wildman–Crippen LogP) is 4.07. The molecule has 1 unspecified atom stereocenters. The summed E-state index contributed by atoms with van der Waals surface area (Å²) in [7, 11) is 1.60. The molecular formula is C22H26ClFN2O3. The highest BCUT2D eigenvalue weighted by Gasteiger charge is 2.28. The van der Waals surface area contributed by atoms with Gasteiger partial charge in [-0.1, -0.05) is 23.7 Å². The number of halogens is 2. The van der Waals surface area contributed by atoms with Gasteiger partial charge < -0.3 is 14.8 Å². The maximum absolute atomic E-state index is 14.6. The van der Waals surface area contributed by atoms with Crippen LogP contribution >= 0.6 is 11.6 Å². The molecular weight excluding hydrogens is 395 g/mol. The summed E-state index contributed by atoms with van der Waals surface area (Å²) in [5, 5.41) is 3.32. The molecule has 1 N–H and O–H groups in total. The molecule has 0 bridgehead atoms. The minimum atomic E-state index is -0.350. The highest BCUT2D eigenvalue weighted by atomic mass is 35.5. The third kappa shape index (κ3) is 5.69. The highest BCUT2D eigenvalue weighted by Crippen LogP contribution is 2.32. The number of carbonyl (C=O) groups is 1. The maximum atomic E-state index is 14.6. The van der Waals surface area contributed by atoms with E-state index >= 15 is 0 Å². The Balaban J connectivity index is 1.71. The molecule has 1 aliphatic rings. The van der Waals surface area contributed by atoms with E-state index in [0.29, 0.717) is 35.1 Å². The van der Waals surface area contributed by atoms with E-state index in [4.69, 9.17) is 21.1 Å². The van der Waals surface area contributed by atoms with Crippen LogP contribution in [0.1, 0.15) is 34.8 Å². The first kappa shape index (κ1) is 21.6. The summed E-state index contributed by atoms with van der Waals surface area (Å²) >= 11 is 6.31. The van der Waals surface area contributed by atoms with E-state index in [2.05, 4.69) is 10.2 Å². The van der Waals surface area contributed by atoms with Crippen molar-refractivity contribution in [3.05, 3.63) is 64.4 Å². The Morgan fingerprint density at radius 3 is 2.69 bits per heavy atom. The molecule has 0 saturated carbocycles. The van der Waals surface area contributed by atoms with Crippen molar-refractivity contribution in [2.75, 3.05) is 40.0 Å². The zero-order chi connectivity index (χ0) is 20.6. The highest BCUT2D eigenvalue weighted by molar-refractivity contribution is 6.31. The van der Waals surface area contributed by atoms with E-state index in [0.717, 1.165) is 25.9 Å². The molecule has 156 valence electrons. The Morgan fingerprint density at radius 1 is 1.21 bits per heavy atom. The van der Waals surface area contributed by atoms with Gasteiger partial charge in [0.15, 0.2) is 0 Å². The number of benzene rings is 2. The van der Waals surface area contributed by atoms with Crippen molar-refractivity contribution in [2.24, 2.45) is 0 Å². The fourth-order valence-electron chi connectivity index (χ4n) is 3.56. The molecule has 1 heterocycles. The van der Waals surface area contributed by atoms with Gasteiger partial charge in [-0.3, -0.25) is 9.69 Å². The van der Waals surface area contributed by atoms with Gasteiger partial charge in [0.25, 0.3) is 5.91 Å². The van der Waals surface area contributed by atoms with Crippen molar-refractivity contribution in [3.8, 4) is 5.75 Å². The minimum Gasteiger partial charge on any atom is -0.491 e. The number of likely N-dealkylation sites (tertiary alicyclic amines) is 1. The van der Waals surface area contributed by atoms with Gasteiger partial charge in [0.1, 0.15) is 18.2 Å². The van der Waals surface area contributed by atoms with E-state index in [1.54, 1.807) is 43.5 Å². The Morgan fingerprint density at radius 2 is 1.97 bits per heavy atom. The van der Waals surface area contributed by atoms with Gasteiger partial charge in [-0.05, 0) is 56.3 Å². The van der Waals surface area contributed by atoms with Gasteiger partial charge in [0, 0.05) is 29.8 Å². The molecule has 0 radical (unpaired) electrons. The standard InChI is InChI=1S/C22H26ClFN2O3/c1-28-12-13-29-17-7-4-6-16(14-17)22(27)25-15-20(26-10-2-3-11-26)21-18(23)8-5-9-19(21)24/h4-9,14,20H,2-3,10-13,15H2,1H3,(H,25,27). The number of hydrogen-bond donors (Lipinski definition) is 1. The second kappa shape index (κ2) is 10.6. The van der Waals surface area contributed by atoms with Gasteiger partial charge in [0.2, 0.25) is 0 Å². The molecule has 1 saturated heterocycles. The van der Waals surface area contributed by atoms with Gasteiger partial charge in [-0.25, -0.2) is 4.39 Å². The Kier molecular flexibility index (Phi) is 7.86. The van der Waals surface area contributed by atoms with Crippen LogP contribution in [0.15, 0.2) is 42.5 Å². The van der Waals surface area contributed by atoms with Crippen molar-refractivity contribution in [1.29, 1.82) is 0 Å². The summed E-state index contributed by atoms with van der Waals surface area (Å²) < 4.78 is 25.1. The van der Waals surface area contributed by atoms with Crippen LogP contribution < -0.4 is 10.1 Å². The van der Waals surface area contributed by atoms with E-state index in [1.807, 2.05) is 0 Å². The van der Waals surface area contributed by atoms with Gasteiger partial charge in [-0.2, -0.15) is 0 Å². The number of rotatable bonds is 9. The smallest absolute Gasteiger partial charge is 0.251 e. The molecule has 7 heteroatoms. The van der Waals surface area contributed by atoms with Crippen LogP contribution in [-0.4, -0.2) is 50.8 Å². The minimum absolute atomic E-state index is 0.237. The molecule has 1 fully saturated rings. The summed E-state index contributed by atoms with van der Waals surface area (Å²) in [5.41, 5.74) is 0.924. The lowest BCUT2D eigenvalue weighted by atomic mass is 10.0. The summed E-state index contributed by atoms with van der Waals surface area (Å²) in [6.07, 6.45) is 2.11. The number of nitrogens with zero attached hydrogens (tertiary/aromatic N) is 1. The summed E-state index contributed by atoms with van der Waals surface area (Å²) in [6.45, 7) is 2.86. The van der Waals surface area contributed by atoms with Crippen LogP contribution in [0.3, 0.4) is 0 Å². The molecule has 3 rings (SSSR count). The first-order chi connectivity index (χ1) is 14.1. The second-order valence-corrected chi connectivity index (χ2v) is 7.38. The largest absolute Gasteiger partial charge is 0.491 e. The summed E-state index contributed by atoms with van der Waals surface area (Å²) in [4.78, 5) is 14.9. The monoisotopic (exact) mass is 420 g/mol. The number of carbonyl (C=O) groups excluding carboxylic acids is 1. The average Bonchev–Trinajstić information content (AvgIpc) is 3.25. The van der Waals surface area contributed by atoms with E-state index in [9.17, 15) is 9.18 Å². The fourth-order valence-corrected chi connectivity index (χ4v) is 3.85. The molecule has 0 aromatic heterocycles. The normalized spacial score (nSPS) is 15.3. The Hall–Kier alpha value is -2.15. The predicted molar refractivity (Wildman–Crippen MR) is 111 cm³/mol. The molecule has 0 spiro atoms. The lowest BCUT2D eigenvalue weighted by Gasteiger charge is -2.29. The number of amides is 1. The lowest BCUT2D eigenvalue weighted by Crippen LogP contribution is -2.37. The Labute approximate surface area is 175 Å². The van der Waals surface area contributed by atoms with Crippen molar-refractivity contribution in [1.82, 2.24) is 10.2 Å². The number of methoxy groups -OCH3 is 1. The zero-order valence-corrected chi connectivity index (χ0v) is 17.3. The quantitative estimate of drug-likeness (QED) is 0.621. The number of nitrogens with one attached hydrogen (secondary N) is 1. The molecule has 2 aromatic carbocycles. The van der Waals surface area contributed by atoms with Crippen LogP contribution in [0, 0.1) is 5.82 Å². The fraction of sp³-hybridized carbons (Fsp3) is 0.409. The van der Waals surface area contributed by atoms with E-state index < -0.39 is 0 Å². The van der Waals surface area contributed by atoms with Crippen LogP contribution in [-0.2, 0) is 4.74 Å². The van der Waals surface area contributed by atoms with Crippen molar-refractivity contribution in [3.63, 3.8) is 0 Å². The van der Waals surface area contributed by atoms with Crippen molar-refractivity contribution >= 4 is 17.5 Å². The third-order valence-corrected chi connectivity index (χ3v) is 5.35.